The van der Waals surface area contributed by atoms with Crippen LogP contribution in [0.2, 0.25) is 0 Å². The second-order valence-corrected chi connectivity index (χ2v) is 10.0. The van der Waals surface area contributed by atoms with E-state index in [-0.39, 0.29) is 55.8 Å². The smallest absolute Gasteiger partial charge is 0.401 e. The number of methoxy groups -OCH3 is 1. The molecule has 44 heavy (non-hydrogen) atoms. The number of hydrogen-bond donors (Lipinski definition) is 1. The fourth-order valence-corrected chi connectivity index (χ4v) is 5.00. The molecule has 3 aromatic heterocycles. The van der Waals surface area contributed by atoms with Gasteiger partial charge in [0.15, 0.2) is 5.82 Å². The van der Waals surface area contributed by atoms with Gasteiger partial charge in [-0.3, -0.25) is 9.58 Å². The number of hydrogen-bond acceptors (Lipinski definition) is 9. The minimum atomic E-state index is -4.40. The molecule has 228 valence electrons. The van der Waals surface area contributed by atoms with E-state index in [0.29, 0.717) is 33.7 Å². The number of nitrogens with one attached hydrogen (secondary N) is 1. The Labute approximate surface area is 247 Å². The summed E-state index contributed by atoms with van der Waals surface area (Å²) in [5, 5.41) is 8.29. The van der Waals surface area contributed by atoms with Gasteiger partial charge in [0.1, 0.15) is 47.6 Å². The Kier molecular flexibility index (Phi) is 8.05. The maximum atomic E-state index is 15.1. The second-order valence-electron chi connectivity index (χ2n) is 10.0. The monoisotopic (exact) mass is 612 g/mol. The van der Waals surface area contributed by atoms with Crippen LogP contribution in [0.4, 0.5) is 33.6 Å². The molecule has 0 atom stereocenters. The third kappa shape index (κ3) is 6.28. The molecule has 0 saturated carbocycles. The number of ether oxygens (including phenoxy) is 2. The third-order valence-corrected chi connectivity index (χ3v) is 6.93. The molecule has 1 aliphatic heterocycles. The molecule has 0 fully saturated rings. The summed E-state index contributed by atoms with van der Waals surface area (Å²) in [5.74, 6) is -0.805. The van der Waals surface area contributed by atoms with E-state index in [1.807, 2.05) is 0 Å². The van der Waals surface area contributed by atoms with Crippen molar-refractivity contribution in [1.82, 2.24) is 34.6 Å². The molecule has 1 aliphatic rings. The van der Waals surface area contributed by atoms with Crippen molar-refractivity contribution >= 4 is 22.5 Å². The van der Waals surface area contributed by atoms with Gasteiger partial charge in [-0.2, -0.15) is 18.3 Å². The quantitative estimate of drug-likeness (QED) is 0.167. The maximum absolute atomic E-state index is 15.1. The summed E-state index contributed by atoms with van der Waals surface area (Å²) >= 11 is 0. The zero-order valence-corrected chi connectivity index (χ0v) is 23.3. The van der Waals surface area contributed by atoms with Crippen molar-refractivity contribution < 1.29 is 31.4 Å². The number of rotatable bonds is 10. The average Bonchev–Trinajstić information content (AvgIpc) is 3.55. The van der Waals surface area contributed by atoms with Crippen LogP contribution < -0.4 is 10.1 Å². The van der Waals surface area contributed by atoms with Gasteiger partial charge in [-0.05, 0) is 12.1 Å². The van der Waals surface area contributed by atoms with E-state index in [1.165, 1.54) is 29.2 Å². The number of alkyl halides is 3. The van der Waals surface area contributed by atoms with Gasteiger partial charge in [0, 0.05) is 55.0 Å². The van der Waals surface area contributed by atoms with Gasteiger partial charge in [-0.1, -0.05) is 18.2 Å². The molecule has 5 aromatic rings. The van der Waals surface area contributed by atoms with E-state index in [4.69, 9.17) is 9.47 Å². The van der Waals surface area contributed by atoms with Crippen LogP contribution in [0.3, 0.4) is 0 Å². The van der Waals surface area contributed by atoms with Crippen LogP contribution >= 0.6 is 0 Å². The Hall–Kier alpha value is -4.76. The largest absolute Gasteiger partial charge is 0.491 e. The lowest BCUT2D eigenvalue weighted by Gasteiger charge is -2.16. The average molecular weight is 613 g/mol. The second kappa shape index (κ2) is 12.1. The summed E-state index contributed by atoms with van der Waals surface area (Å²) in [5.41, 5.74) is 1.51. The Balaban J connectivity index is 1.39. The number of fused-ring (bicyclic) bond motifs is 2. The van der Waals surface area contributed by atoms with Gasteiger partial charge in [0.25, 0.3) is 0 Å². The molecule has 0 unspecified atom stereocenters. The van der Waals surface area contributed by atoms with Gasteiger partial charge in [0.2, 0.25) is 0 Å². The molecule has 10 nitrogen and oxygen atoms in total. The van der Waals surface area contributed by atoms with Crippen molar-refractivity contribution in [2.75, 3.05) is 32.2 Å². The van der Waals surface area contributed by atoms with E-state index in [0.717, 1.165) is 12.1 Å². The van der Waals surface area contributed by atoms with Crippen LogP contribution in [0.15, 0.2) is 55.0 Å². The lowest BCUT2D eigenvalue weighted by molar-refractivity contribution is -0.147. The third-order valence-electron chi connectivity index (χ3n) is 6.93. The number of aromatic nitrogens is 6. The highest BCUT2D eigenvalue weighted by molar-refractivity contribution is 5.92. The first kappa shape index (κ1) is 29.3. The van der Waals surface area contributed by atoms with Crippen LogP contribution in [0, 0.1) is 11.6 Å². The molecule has 0 amide bonds. The first-order valence-corrected chi connectivity index (χ1v) is 13.5. The van der Waals surface area contributed by atoms with Crippen molar-refractivity contribution in [1.29, 1.82) is 0 Å². The van der Waals surface area contributed by atoms with Gasteiger partial charge in [-0.15, -0.1) is 0 Å². The first-order chi connectivity index (χ1) is 21.2. The molecular weight excluding hydrogens is 587 g/mol. The molecule has 6 rings (SSSR count). The minimum Gasteiger partial charge on any atom is -0.491 e. The van der Waals surface area contributed by atoms with Crippen molar-refractivity contribution in [2.24, 2.45) is 0 Å². The summed E-state index contributed by atoms with van der Waals surface area (Å²) in [6, 6.07) is 10.8. The van der Waals surface area contributed by atoms with Gasteiger partial charge in [-0.25, -0.2) is 28.7 Å². The first-order valence-electron chi connectivity index (χ1n) is 13.5. The highest BCUT2D eigenvalue weighted by Crippen LogP contribution is 2.35. The summed E-state index contributed by atoms with van der Waals surface area (Å²) in [6.07, 6.45) is -1.56. The molecule has 0 bridgehead atoms. The number of halogens is 5. The number of anilines is 2. The van der Waals surface area contributed by atoms with E-state index in [9.17, 15) is 13.2 Å². The van der Waals surface area contributed by atoms with Crippen LogP contribution in [-0.2, 0) is 24.4 Å². The Morgan fingerprint density at radius 2 is 1.80 bits per heavy atom. The van der Waals surface area contributed by atoms with E-state index in [1.54, 1.807) is 30.3 Å². The predicted molar refractivity (Wildman–Crippen MR) is 149 cm³/mol. The lowest BCUT2D eigenvalue weighted by atomic mass is 10.1. The molecule has 4 heterocycles. The van der Waals surface area contributed by atoms with Gasteiger partial charge < -0.3 is 14.8 Å². The SMILES string of the molecule is COCCOc1cc(F)c(Cn2nc(-c3nc4c(c(Nc5ccncn5)n3)CN(CC(F)(F)F)C4)c3ccccc32)c(F)c1. The molecule has 2 aromatic carbocycles. The standard InChI is InChI=1S/C29H25F5N8O2/c1-43-8-9-44-17-10-21(30)19(22(31)11-17)13-42-24-5-3-2-4-18(24)26(40-42)28-37-23-14-41(15-29(32,33)34)12-20(23)27(39-28)38-25-6-7-35-16-36-25/h2-7,10-11,16H,8-9,12-15H2,1H3,(H,35,36,37,38,39). The van der Waals surface area contributed by atoms with E-state index < -0.39 is 24.4 Å². The zero-order valence-electron chi connectivity index (χ0n) is 23.3. The van der Waals surface area contributed by atoms with E-state index >= 15 is 8.78 Å². The zero-order chi connectivity index (χ0) is 30.8. The normalized spacial score (nSPS) is 13.4. The Bertz CT molecular complexity index is 1780. The number of para-hydroxylation sites is 1. The lowest BCUT2D eigenvalue weighted by Crippen LogP contribution is -2.30. The number of nitrogens with zero attached hydrogens (tertiary/aromatic N) is 7. The van der Waals surface area contributed by atoms with Crippen LogP contribution in [0.25, 0.3) is 22.4 Å². The molecule has 0 radical (unpaired) electrons. The fraction of sp³-hybridized carbons (Fsp3) is 0.276. The predicted octanol–water partition coefficient (Wildman–Crippen LogP) is 5.26. The van der Waals surface area contributed by atoms with Crippen LogP contribution in [-0.4, -0.2) is 67.7 Å². The molecule has 0 aliphatic carbocycles. The summed E-state index contributed by atoms with van der Waals surface area (Å²) < 4.78 is 81.6. The molecular formula is C29H25F5N8O2. The van der Waals surface area contributed by atoms with Gasteiger partial charge in [0.05, 0.1) is 30.9 Å². The highest BCUT2D eigenvalue weighted by Gasteiger charge is 2.35. The van der Waals surface area contributed by atoms with Crippen LogP contribution in [0.5, 0.6) is 5.75 Å². The summed E-state index contributed by atoms with van der Waals surface area (Å²) in [6.45, 7) is -1.07. The summed E-state index contributed by atoms with van der Waals surface area (Å²) in [4.78, 5) is 18.5. The minimum absolute atomic E-state index is 0.0263. The maximum Gasteiger partial charge on any atom is 0.401 e. The van der Waals surface area contributed by atoms with Crippen molar-refractivity contribution in [3.8, 4) is 17.3 Å². The molecule has 0 spiro atoms. The fourth-order valence-electron chi connectivity index (χ4n) is 5.00. The summed E-state index contributed by atoms with van der Waals surface area (Å²) in [7, 11) is 1.49. The van der Waals surface area contributed by atoms with Crippen molar-refractivity contribution in [3.05, 3.63) is 83.4 Å². The van der Waals surface area contributed by atoms with E-state index in [2.05, 4.69) is 30.4 Å². The Morgan fingerprint density at radius 1 is 1.00 bits per heavy atom. The molecule has 15 heteroatoms. The topological polar surface area (TPSA) is 103 Å². The number of benzene rings is 2. The Morgan fingerprint density at radius 3 is 2.52 bits per heavy atom. The van der Waals surface area contributed by atoms with Crippen LogP contribution in [0.1, 0.15) is 16.8 Å². The molecule has 1 N–H and O–H groups in total. The van der Waals surface area contributed by atoms with Crippen molar-refractivity contribution in [2.45, 2.75) is 25.8 Å². The van der Waals surface area contributed by atoms with Crippen molar-refractivity contribution in [3.63, 3.8) is 0 Å². The molecule has 0 saturated heterocycles. The highest BCUT2D eigenvalue weighted by atomic mass is 19.4. The van der Waals surface area contributed by atoms with Gasteiger partial charge >= 0.3 is 6.18 Å².